The van der Waals surface area contributed by atoms with E-state index in [4.69, 9.17) is 14.6 Å². The Morgan fingerprint density at radius 1 is 1.02 bits per heavy atom. The molecule has 5 atom stereocenters. The van der Waals surface area contributed by atoms with Crippen molar-refractivity contribution >= 4 is 34.0 Å². The first kappa shape index (κ1) is 41.2. The Bertz CT molecular complexity index is 2370. The van der Waals surface area contributed by atoms with Gasteiger partial charge in [-0.15, -0.1) is 5.10 Å². The number of carbonyl (C=O) groups is 1. The van der Waals surface area contributed by atoms with Crippen LogP contribution in [0.1, 0.15) is 91.6 Å². The number of ether oxygens (including phenoxy) is 2. The van der Waals surface area contributed by atoms with Crippen LogP contribution < -0.4 is 20.3 Å². The SMILES string of the molecule is Cc1nn([C@@H]2CC[C@@H](O)N[C@@H]2O)c2cccc(OCCCN3CCN(CC4CCC(n5cc(NC(=O)c6c(N7C[C@H]8C[C@@H]7CO8)nn7cccnc67)c(C(F)F)n5)CC4)CC3)c12. The number of benzene rings is 1. The zero-order valence-corrected chi connectivity index (χ0v) is 35.0. The number of aliphatic hydroxyl groups excluding tert-OH is 2. The Hall–Kier alpha value is -4.79. The number of rotatable bonds is 13. The topological polar surface area (TPSA) is 176 Å². The molecule has 5 fully saturated rings. The van der Waals surface area contributed by atoms with Gasteiger partial charge in [0.1, 0.15) is 23.8 Å². The van der Waals surface area contributed by atoms with E-state index < -0.39 is 30.5 Å². The predicted octanol–water partition coefficient (Wildman–Crippen LogP) is 4.13. The molecule has 4 aliphatic heterocycles. The van der Waals surface area contributed by atoms with Crippen LogP contribution >= 0.6 is 0 Å². The van der Waals surface area contributed by atoms with Crippen molar-refractivity contribution < 1.29 is 33.3 Å². The van der Waals surface area contributed by atoms with Gasteiger partial charge in [0.2, 0.25) is 0 Å². The highest BCUT2D eigenvalue weighted by molar-refractivity contribution is 6.12. The maximum Gasteiger partial charge on any atom is 0.284 e. The number of hydrogen-bond donors (Lipinski definition) is 4. The van der Waals surface area contributed by atoms with Crippen molar-refractivity contribution in [1.82, 2.24) is 49.3 Å². The largest absolute Gasteiger partial charge is 0.493 e. The number of aromatic nitrogens is 7. The zero-order valence-electron chi connectivity index (χ0n) is 35.0. The number of halogens is 2. The fourth-order valence-electron chi connectivity index (χ4n) is 10.4. The van der Waals surface area contributed by atoms with Crippen LogP contribution in [-0.2, 0) is 4.74 Å². The molecule has 62 heavy (non-hydrogen) atoms. The second-order valence-electron chi connectivity index (χ2n) is 17.7. The van der Waals surface area contributed by atoms with Crippen LogP contribution in [-0.4, -0.2) is 144 Å². The van der Waals surface area contributed by atoms with E-state index in [1.165, 1.54) is 0 Å². The molecule has 0 spiro atoms. The van der Waals surface area contributed by atoms with Crippen LogP contribution in [0.25, 0.3) is 16.6 Å². The number of aryl methyl sites for hydroxylation is 1. The van der Waals surface area contributed by atoms with E-state index >= 15 is 0 Å². The number of fused-ring (bicyclic) bond motifs is 4. The van der Waals surface area contributed by atoms with Gasteiger partial charge in [-0.1, -0.05) is 6.07 Å². The van der Waals surface area contributed by atoms with Gasteiger partial charge in [-0.2, -0.15) is 10.2 Å². The lowest BCUT2D eigenvalue weighted by atomic mass is 9.85. The standard InChI is InChI=1S/C43H56F2N12O5/c1-26-36-32(57(49-26)33-11-12-35(58)48-42(33)59)5-2-6-34(36)61-20-4-14-52-16-18-53(19-17-52)22-27-7-9-28(10-8-27)56-24-31(38(50-56)39(44)45)47-43(60)37-40-46-13-3-15-55(40)51-41(37)54-23-30-21-29(54)25-62-30/h2-3,5-6,13,15,24,27-30,33,35,39,42,48,58-59H,4,7-12,14,16-23,25H2,1H3,(H,47,60)/t27?,28?,29-,30-,33-,35-,42-/m1/s1. The van der Waals surface area contributed by atoms with Crippen molar-refractivity contribution in [2.24, 2.45) is 5.92 Å². The van der Waals surface area contributed by atoms with Crippen molar-refractivity contribution in [1.29, 1.82) is 0 Å². The summed E-state index contributed by atoms with van der Waals surface area (Å²) in [5, 5.41) is 40.8. The quantitative estimate of drug-likeness (QED) is 0.125. The summed E-state index contributed by atoms with van der Waals surface area (Å²) in [5.41, 5.74) is 1.97. The molecular weight excluding hydrogens is 803 g/mol. The summed E-state index contributed by atoms with van der Waals surface area (Å²) in [6.07, 6.45) is 7.10. The van der Waals surface area contributed by atoms with Crippen molar-refractivity contribution in [3.8, 4) is 5.75 Å². The second kappa shape index (κ2) is 17.4. The van der Waals surface area contributed by atoms with E-state index in [0.717, 1.165) is 100 Å². The Labute approximate surface area is 357 Å². The van der Waals surface area contributed by atoms with Gasteiger partial charge in [-0.3, -0.25) is 19.5 Å². The minimum atomic E-state index is -2.85. The van der Waals surface area contributed by atoms with Gasteiger partial charge < -0.3 is 39.7 Å². The number of aliphatic hydroxyl groups is 2. The van der Waals surface area contributed by atoms with Crippen LogP contribution in [0.5, 0.6) is 5.75 Å². The Morgan fingerprint density at radius 3 is 2.60 bits per heavy atom. The summed E-state index contributed by atoms with van der Waals surface area (Å²) < 4.78 is 46.0. The number of hydrogen-bond acceptors (Lipinski definition) is 13. The Balaban J connectivity index is 0.690. The molecule has 0 radical (unpaired) electrons. The number of amides is 1. The number of carbonyl (C=O) groups excluding carboxylic acids is 1. The smallest absolute Gasteiger partial charge is 0.284 e. The van der Waals surface area contributed by atoms with E-state index in [-0.39, 0.29) is 35.5 Å². The first-order valence-corrected chi connectivity index (χ1v) is 22.2. The average Bonchev–Trinajstić information content (AvgIpc) is 4.12. The number of nitrogens with one attached hydrogen (secondary N) is 2. The molecule has 1 saturated carbocycles. The van der Waals surface area contributed by atoms with Crippen molar-refractivity contribution in [2.75, 3.05) is 69.2 Å². The van der Waals surface area contributed by atoms with E-state index in [0.29, 0.717) is 50.0 Å². The van der Waals surface area contributed by atoms with Gasteiger partial charge >= 0.3 is 0 Å². The molecule has 4 N–H and O–H groups in total. The Morgan fingerprint density at radius 2 is 1.84 bits per heavy atom. The number of anilines is 2. The third-order valence-corrected chi connectivity index (χ3v) is 13.7. The molecule has 4 aromatic heterocycles. The van der Waals surface area contributed by atoms with Gasteiger partial charge in [-0.05, 0) is 82.4 Å². The predicted molar refractivity (Wildman–Crippen MR) is 225 cm³/mol. The summed E-state index contributed by atoms with van der Waals surface area (Å²) in [6, 6.07) is 7.49. The molecule has 5 aromatic rings. The highest BCUT2D eigenvalue weighted by atomic mass is 19.3. The van der Waals surface area contributed by atoms with E-state index in [9.17, 15) is 23.8 Å². The molecule has 332 valence electrons. The van der Waals surface area contributed by atoms with E-state index in [1.807, 2.05) is 29.8 Å². The summed E-state index contributed by atoms with van der Waals surface area (Å²) in [7, 11) is 0. The van der Waals surface area contributed by atoms with Crippen LogP contribution in [0.3, 0.4) is 0 Å². The minimum absolute atomic E-state index is 0.0145. The Kier molecular flexibility index (Phi) is 11.6. The van der Waals surface area contributed by atoms with Crippen LogP contribution in [0, 0.1) is 12.8 Å². The average molecular weight is 859 g/mol. The van der Waals surface area contributed by atoms with E-state index in [2.05, 4.69) is 40.5 Å². The third kappa shape index (κ3) is 8.14. The first-order chi connectivity index (χ1) is 30.2. The molecule has 1 amide bonds. The van der Waals surface area contributed by atoms with Crippen molar-refractivity contribution in [3.05, 3.63) is 59.8 Å². The van der Waals surface area contributed by atoms with Gasteiger partial charge in [0.15, 0.2) is 17.2 Å². The summed E-state index contributed by atoms with van der Waals surface area (Å²) >= 11 is 0. The zero-order chi connectivity index (χ0) is 42.5. The summed E-state index contributed by atoms with van der Waals surface area (Å²) in [5.74, 6) is 1.27. The lowest BCUT2D eigenvalue weighted by Gasteiger charge is -2.38. The maximum atomic E-state index is 14.4. The van der Waals surface area contributed by atoms with Gasteiger partial charge in [0, 0.05) is 64.4 Å². The molecule has 4 saturated heterocycles. The normalized spacial score (nSPS) is 27.3. The highest BCUT2D eigenvalue weighted by Crippen LogP contribution is 2.38. The number of nitrogens with zero attached hydrogens (tertiary/aromatic N) is 10. The lowest BCUT2D eigenvalue weighted by molar-refractivity contribution is -0.0297. The summed E-state index contributed by atoms with van der Waals surface area (Å²) in [4.78, 5) is 25.5. The number of morpholine rings is 1. The van der Waals surface area contributed by atoms with Gasteiger partial charge in [-0.25, -0.2) is 18.3 Å². The fourth-order valence-corrected chi connectivity index (χ4v) is 10.4. The molecule has 1 aliphatic carbocycles. The molecule has 1 aromatic carbocycles. The van der Waals surface area contributed by atoms with Crippen LogP contribution in [0.15, 0.2) is 42.9 Å². The molecular formula is C43H56F2N12O5. The monoisotopic (exact) mass is 858 g/mol. The third-order valence-electron chi connectivity index (χ3n) is 13.7. The lowest BCUT2D eigenvalue weighted by Crippen LogP contribution is -2.48. The number of piperidine rings is 1. The first-order valence-electron chi connectivity index (χ1n) is 22.2. The van der Waals surface area contributed by atoms with Gasteiger partial charge in [0.25, 0.3) is 12.3 Å². The second-order valence-corrected chi connectivity index (χ2v) is 17.7. The van der Waals surface area contributed by atoms with E-state index in [1.54, 1.807) is 33.9 Å². The number of piperazine rings is 1. The van der Waals surface area contributed by atoms with Crippen LogP contribution in [0.2, 0.25) is 0 Å². The molecule has 8 heterocycles. The number of alkyl halides is 2. The molecule has 2 bridgehead atoms. The highest BCUT2D eigenvalue weighted by Gasteiger charge is 2.42. The maximum absolute atomic E-state index is 14.4. The van der Waals surface area contributed by atoms with Crippen molar-refractivity contribution in [2.45, 2.75) is 101 Å². The van der Waals surface area contributed by atoms with Gasteiger partial charge in [0.05, 0.1) is 59.7 Å². The molecule has 19 heteroatoms. The van der Waals surface area contributed by atoms with Crippen molar-refractivity contribution in [3.63, 3.8) is 0 Å². The molecule has 0 unspecified atom stereocenters. The van der Waals surface area contributed by atoms with Crippen LogP contribution in [0.4, 0.5) is 20.3 Å². The summed E-state index contributed by atoms with van der Waals surface area (Å²) in [6.45, 7) is 9.72. The fraction of sp³-hybridized carbons (Fsp3) is 0.605. The molecule has 10 rings (SSSR count). The minimum Gasteiger partial charge on any atom is -0.493 e. The molecule has 17 nitrogen and oxygen atoms in total. The molecule has 5 aliphatic rings.